The molecule has 0 unspecified atom stereocenters. The molecule has 2 aromatic rings. The van der Waals surface area contributed by atoms with Crippen molar-refractivity contribution in [2.24, 2.45) is 0 Å². The second-order valence-corrected chi connectivity index (χ2v) is 2.15. The predicted molar refractivity (Wildman–Crippen MR) is 45.3 cm³/mol. The second kappa shape index (κ2) is 4.70. The van der Waals surface area contributed by atoms with E-state index in [0.29, 0.717) is 0 Å². The Hall–Kier alpha value is -0.114. The van der Waals surface area contributed by atoms with E-state index in [9.17, 15) is 0 Å². The molecule has 0 atom stereocenters. The molecule has 0 saturated carbocycles. The molecule has 0 amide bonds. The molecule has 2 aromatic carbocycles. The van der Waals surface area contributed by atoms with Gasteiger partial charge in [0.25, 0.3) is 0 Å². The van der Waals surface area contributed by atoms with E-state index < -0.39 is 0 Å². The molecule has 0 aromatic heterocycles. The van der Waals surface area contributed by atoms with Crippen molar-refractivity contribution in [3.63, 3.8) is 0 Å². The van der Waals surface area contributed by atoms with Crippen molar-refractivity contribution in [2.75, 3.05) is 0 Å². The first-order chi connectivity index (χ1) is 4.47. The fraction of sp³-hybridized carbons (Fsp3) is 0. The third kappa shape index (κ3) is 2.16. The Morgan fingerprint density at radius 1 is 1.00 bits per heavy atom. The van der Waals surface area contributed by atoms with E-state index >= 15 is 0 Å². The van der Waals surface area contributed by atoms with Crippen molar-refractivity contribution in [3.8, 4) is 0 Å². The summed E-state index contributed by atoms with van der Waals surface area (Å²) in [4.78, 5) is 0. The predicted octanol–water partition coefficient (Wildman–Crippen LogP) is -0.818. The second-order valence-electron chi connectivity index (χ2n) is 2.15. The van der Waals surface area contributed by atoms with Crippen LogP contribution in [0.3, 0.4) is 0 Å². The fourth-order valence-electron chi connectivity index (χ4n) is 1.07. The van der Waals surface area contributed by atoms with Gasteiger partial charge in [-0.1, -0.05) is 6.07 Å². The summed E-state index contributed by atoms with van der Waals surface area (Å²) in [5, 5.41) is 2.66. The molecule has 0 bridgehead atoms. The molecular formula is C9H7ClMg. The topological polar surface area (TPSA) is 0 Å². The molecule has 0 aliphatic rings. The minimum atomic E-state index is 0. The van der Waals surface area contributed by atoms with Gasteiger partial charge in [-0.25, -0.2) is 0 Å². The van der Waals surface area contributed by atoms with Gasteiger partial charge in [0.05, 0.1) is 0 Å². The largest absolute Gasteiger partial charge is 2.00 e. The quantitative estimate of drug-likeness (QED) is 0.362. The van der Waals surface area contributed by atoms with E-state index in [-0.39, 0.29) is 35.5 Å². The minimum Gasteiger partial charge on any atom is -1.00 e. The Morgan fingerprint density at radius 3 is 2.45 bits per heavy atom. The fourth-order valence-corrected chi connectivity index (χ4v) is 1.07. The van der Waals surface area contributed by atoms with Crippen LogP contribution in [0.1, 0.15) is 0 Å². The Morgan fingerprint density at radius 2 is 1.73 bits per heavy atom. The van der Waals surface area contributed by atoms with Gasteiger partial charge < -0.3 is 12.4 Å². The SMILES string of the molecule is [Cl-].[Mg+2].c1ccc2[cH-]ccc2c1. The molecule has 0 N–H and O–H groups in total. The monoisotopic (exact) mass is 174 g/mol. The summed E-state index contributed by atoms with van der Waals surface area (Å²) in [5.74, 6) is 0. The van der Waals surface area contributed by atoms with Crippen LogP contribution in [0.4, 0.5) is 0 Å². The van der Waals surface area contributed by atoms with Gasteiger partial charge >= 0.3 is 23.1 Å². The zero-order valence-electron chi connectivity index (χ0n) is 6.13. The first-order valence-corrected chi connectivity index (χ1v) is 3.07. The van der Waals surface area contributed by atoms with Gasteiger partial charge in [-0.2, -0.15) is 17.5 Å². The first-order valence-electron chi connectivity index (χ1n) is 3.07. The van der Waals surface area contributed by atoms with Gasteiger partial charge in [0.1, 0.15) is 0 Å². The van der Waals surface area contributed by atoms with Crippen molar-refractivity contribution in [2.45, 2.75) is 0 Å². The molecule has 2 heteroatoms. The van der Waals surface area contributed by atoms with Crippen LogP contribution in [0.15, 0.2) is 42.5 Å². The zero-order chi connectivity index (χ0) is 6.10. The Balaban J connectivity index is 0.000000500. The molecule has 0 spiro atoms. The van der Waals surface area contributed by atoms with E-state index in [1.165, 1.54) is 10.8 Å². The van der Waals surface area contributed by atoms with Crippen LogP contribution in [0.25, 0.3) is 10.8 Å². The van der Waals surface area contributed by atoms with E-state index in [1.807, 2.05) is 0 Å². The number of halogens is 1. The number of rotatable bonds is 0. The molecule has 2 rings (SSSR count). The maximum atomic E-state index is 2.12. The molecule has 0 radical (unpaired) electrons. The molecule has 0 saturated heterocycles. The van der Waals surface area contributed by atoms with Crippen LogP contribution in [0.2, 0.25) is 0 Å². The smallest absolute Gasteiger partial charge is 1.00 e. The normalized spacial score (nSPS) is 8.36. The van der Waals surface area contributed by atoms with Gasteiger partial charge in [0, 0.05) is 0 Å². The van der Waals surface area contributed by atoms with Crippen molar-refractivity contribution in [3.05, 3.63) is 42.5 Å². The van der Waals surface area contributed by atoms with E-state index in [0.717, 1.165) is 0 Å². The third-order valence-corrected chi connectivity index (χ3v) is 1.55. The maximum absolute atomic E-state index is 2.12. The van der Waals surface area contributed by atoms with Crippen molar-refractivity contribution in [1.29, 1.82) is 0 Å². The van der Waals surface area contributed by atoms with Gasteiger partial charge in [0.15, 0.2) is 0 Å². The molecular weight excluding hydrogens is 168 g/mol. The van der Waals surface area contributed by atoms with Crippen molar-refractivity contribution in [1.82, 2.24) is 0 Å². The summed E-state index contributed by atoms with van der Waals surface area (Å²) in [7, 11) is 0. The first kappa shape index (κ1) is 10.9. The van der Waals surface area contributed by atoms with E-state index in [2.05, 4.69) is 42.5 Å². The summed E-state index contributed by atoms with van der Waals surface area (Å²) in [6.07, 6.45) is 0. The van der Waals surface area contributed by atoms with Crippen LogP contribution >= 0.6 is 0 Å². The van der Waals surface area contributed by atoms with Crippen molar-refractivity contribution >= 4 is 33.8 Å². The van der Waals surface area contributed by atoms with Gasteiger partial charge in [-0.3, -0.25) is 0 Å². The van der Waals surface area contributed by atoms with Crippen LogP contribution in [-0.2, 0) is 0 Å². The Kier molecular flexibility index (Phi) is 4.65. The van der Waals surface area contributed by atoms with Crippen LogP contribution < -0.4 is 12.4 Å². The van der Waals surface area contributed by atoms with Gasteiger partial charge in [0.2, 0.25) is 0 Å². The van der Waals surface area contributed by atoms with E-state index in [1.54, 1.807) is 0 Å². The molecule has 0 aliphatic heterocycles. The minimum absolute atomic E-state index is 0. The summed E-state index contributed by atoms with van der Waals surface area (Å²) in [5.41, 5.74) is 0. The van der Waals surface area contributed by atoms with Crippen LogP contribution in [-0.4, -0.2) is 23.1 Å². The molecule has 0 aliphatic carbocycles. The molecule has 0 nitrogen and oxygen atoms in total. The van der Waals surface area contributed by atoms with E-state index in [4.69, 9.17) is 0 Å². The summed E-state index contributed by atoms with van der Waals surface area (Å²) in [6, 6.07) is 14.7. The molecule has 0 heterocycles. The van der Waals surface area contributed by atoms with Crippen molar-refractivity contribution < 1.29 is 12.4 Å². The Labute approximate surface area is 88.5 Å². The van der Waals surface area contributed by atoms with Gasteiger partial charge in [-0.15, -0.1) is 29.7 Å². The molecule has 0 fully saturated rings. The van der Waals surface area contributed by atoms with Gasteiger partial charge in [-0.05, 0) is 0 Å². The Bertz CT molecular complexity index is 284. The molecule has 52 valence electrons. The average molecular weight is 175 g/mol. The average Bonchev–Trinajstić information content (AvgIpc) is 2.33. The summed E-state index contributed by atoms with van der Waals surface area (Å²) in [6.45, 7) is 0. The van der Waals surface area contributed by atoms with Crippen LogP contribution in [0.5, 0.6) is 0 Å². The number of hydrogen-bond donors (Lipinski definition) is 0. The number of fused-ring (bicyclic) bond motifs is 1. The number of benzene rings is 1. The summed E-state index contributed by atoms with van der Waals surface area (Å²) < 4.78 is 0. The summed E-state index contributed by atoms with van der Waals surface area (Å²) >= 11 is 0. The zero-order valence-corrected chi connectivity index (χ0v) is 8.30. The standard InChI is InChI=1S/C9H7.ClH.Mg/c1-2-5-9-7-3-6-8(9)4-1;;/h1-7H;1H;/q-1;;+2/p-1. The van der Waals surface area contributed by atoms with Crippen LogP contribution in [0, 0.1) is 0 Å². The molecule has 11 heavy (non-hydrogen) atoms. The third-order valence-electron chi connectivity index (χ3n) is 1.55. The maximum Gasteiger partial charge on any atom is 2.00 e. The number of hydrogen-bond acceptors (Lipinski definition) is 0.